The van der Waals surface area contributed by atoms with Gasteiger partial charge in [-0.15, -0.1) is 0 Å². The molecule has 116 valence electrons. The average Bonchev–Trinajstić information content (AvgIpc) is 2.94. The van der Waals surface area contributed by atoms with Crippen LogP contribution in [0.25, 0.3) is 0 Å². The molecule has 2 rings (SSSR count). The predicted molar refractivity (Wildman–Crippen MR) is 85.1 cm³/mol. The molecule has 0 radical (unpaired) electrons. The van der Waals surface area contributed by atoms with Gasteiger partial charge in [0.15, 0.2) is 11.6 Å². The molecular weight excluding hydrogens is 278 g/mol. The van der Waals surface area contributed by atoms with Crippen LogP contribution in [0.15, 0.2) is 42.7 Å². The Morgan fingerprint density at radius 1 is 1.14 bits per heavy atom. The molecule has 0 saturated carbocycles. The summed E-state index contributed by atoms with van der Waals surface area (Å²) in [7, 11) is 0. The summed E-state index contributed by atoms with van der Waals surface area (Å²) in [6.07, 6.45) is 4.05. The number of carbonyl (C=O) groups is 2. The number of benzene rings is 1. The second-order valence-corrected chi connectivity index (χ2v) is 5.86. The van der Waals surface area contributed by atoms with Gasteiger partial charge in [-0.1, -0.05) is 26.0 Å². The quantitative estimate of drug-likeness (QED) is 0.832. The second-order valence-electron chi connectivity index (χ2n) is 5.86. The minimum atomic E-state index is -0.349. The molecule has 0 aliphatic heterocycles. The Bertz CT molecular complexity index is 668. The van der Waals surface area contributed by atoms with Crippen LogP contribution in [0.2, 0.25) is 0 Å². The van der Waals surface area contributed by atoms with Crippen LogP contribution >= 0.6 is 0 Å². The van der Waals surface area contributed by atoms with E-state index in [9.17, 15) is 14.7 Å². The number of ketones is 2. The van der Waals surface area contributed by atoms with Gasteiger partial charge in [0.05, 0.1) is 6.04 Å². The molecule has 0 fully saturated rings. The van der Waals surface area contributed by atoms with E-state index in [1.54, 1.807) is 54.2 Å². The van der Waals surface area contributed by atoms with Gasteiger partial charge in [-0.25, -0.2) is 0 Å². The Hall–Kier alpha value is -2.36. The van der Waals surface area contributed by atoms with Crippen molar-refractivity contribution in [3.8, 4) is 5.75 Å². The highest BCUT2D eigenvalue weighted by molar-refractivity contribution is 5.97. The van der Waals surface area contributed by atoms with Crippen molar-refractivity contribution in [3.05, 3.63) is 53.9 Å². The molecule has 2 aromatic rings. The molecule has 22 heavy (non-hydrogen) atoms. The van der Waals surface area contributed by atoms with E-state index in [1.807, 2.05) is 13.8 Å². The van der Waals surface area contributed by atoms with E-state index in [0.717, 1.165) is 5.56 Å². The fourth-order valence-corrected chi connectivity index (χ4v) is 2.40. The molecule has 0 unspecified atom stereocenters. The van der Waals surface area contributed by atoms with Gasteiger partial charge in [0.25, 0.3) is 0 Å². The van der Waals surface area contributed by atoms with Crippen molar-refractivity contribution < 1.29 is 14.7 Å². The van der Waals surface area contributed by atoms with Crippen molar-refractivity contribution in [2.75, 3.05) is 0 Å². The number of phenols is 1. The molecule has 0 bridgehead atoms. The maximum atomic E-state index is 12.0. The van der Waals surface area contributed by atoms with Gasteiger partial charge in [-0.2, -0.15) is 0 Å². The maximum Gasteiger partial charge on any atom is 0.166 e. The van der Waals surface area contributed by atoms with Crippen LogP contribution in [-0.2, 0) is 11.2 Å². The minimum absolute atomic E-state index is 0.0345. The third-order valence-electron chi connectivity index (χ3n) is 3.72. The van der Waals surface area contributed by atoms with Crippen molar-refractivity contribution in [2.45, 2.75) is 33.2 Å². The van der Waals surface area contributed by atoms with E-state index in [4.69, 9.17) is 0 Å². The molecule has 4 heteroatoms. The summed E-state index contributed by atoms with van der Waals surface area (Å²) in [5.74, 6) is 0.246. The third-order valence-corrected chi connectivity index (χ3v) is 3.72. The Morgan fingerprint density at radius 3 is 2.32 bits per heavy atom. The number of phenolic OH excluding ortho intramolecular Hbond substituents is 1. The fourth-order valence-electron chi connectivity index (χ4n) is 2.40. The Labute approximate surface area is 130 Å². The van der Waals surface area contributed by atoms with Crippen LogP contribution < -0.4 is 0 Å². The number of aromatic hydroxyl groups is 1. The first-order chi connectivity index (χ1) is 10.4. The number of hydrogen-bond donors (Lipinski definition) is 1. The third kappa shape index (κ3) is 3.64. The first kappa shape index (κ1) is 16.0. The number of hydrogen-bond acceptors (Lipinski definition) is 3. The van der Waals surface area contributed by atoms with E-state index < -0.39 is 0 Å². The molecule has 1 aromatic carbocycles. The van der Waals surface area contributed by atoms with Crippen LogP contribution in [0.3, 0.4) is 0 Å². The summed E-state index contributed by atoms with van der Waals surface area (Å²) in [6.45, 7) is 5.27. The molecule has 0 saturated heterocycles. The SMILES string of the molecule is CC(=O)[C@H](Cc1ccc(O)cc1)n1ccc(C(=O)C(C)C)c1. The number of rotatable bonds is 6. The lowest BCUT2D eigenvalue weighted by atomic mass is 10.0. The Balaban J connectivity index is 2.23. The monoisotopic (exact) mass is 299 g/mol. The number of aromatic nitrogens is 1. The van der Waals surface area contributed by atoms with Crippen molar-refractivity contribution >= 4 is 11.6 Å². The van der Waals surface area contributed by atoms with E-state index in [0.29, 0.717) is 12.0 Å². The maximum absolute atomic E-state index is 12.0. The van der Waals surface area contributed by atoms with E-state index in [1.165, 1.54) is 0 Å². The summed E-state index contributed by atoms with van der Waals surface area (Å²) < 4.78 is 1.80. The van der Waals surface area contributed by atoms with Crippen LogP contribution in [0.1, 0.15) is 42.7 Å². The van der Waals surface area contributed by atoms with Crippen molar-refractivity contribution in [3.63, 3.8) is 0 Å². The lowest BCUT2D eigenvalue weighted by Gasteiger charge is -2.16. The molecule has 4 nitrogen and oxygen atoms in total. The Kier molecular flexibility index (Phi) is 4.81. The summed E-state index contributed by atoms with van der Waals surface area (Å²) in [4.78, 5) is 24.0. The molecule has 0 aliphatic carbocycles. The lowest BCUT2D eigenvalue weighted by molar-refractivity contribution is -0.120. The Morgan fingerprint density at radius 2 is 1.77 bits per heavy atom. The summed E-state index contributed by atoms with van der Waals surface area (Å²) in [5, 5.41) is 9.32. The molecule has 1 atom stereocenters. The summed E-state index contributed by atoms with van der Waals surface area (Å²) in [5.41, 5.74) is 1.59. The first-order valence-electron chi connectivity index (χ1n) is 7.38. The standard InChI is InChI=1S/C18H21NO3/c1-12(2)18(22)15-8-9-19(11-15)17(13(3)20)10-14-4-6-16(21)7-5-14/h4-9,11-12,17,21H,10H2,1-3H3/t17-/m0/s1. The van der Waals surface area contributed by atoms with E-state index in [2.05, 4.69) is 0 Å². The van der Waals surface area contributed by atoms with Gasteiger partial charge in [0, 0.05) is 30.3 Å². The lowest BCUT2D eigenvalue weighted by Crippen LogP contribution is -2.18. The van der Waals surface area contributed by atoms with Crippen LogP contribution in [0.4, 0.5) is 0 Å². The van der Waals surface area contributed by atoms with Crippen LogP contribution in [-0.4, -0.2) is 21.2 Å². The minimum Gasteiger partial charge on any atom is -0.508 e. The van der Waals surface area contributed by atoms with Crippen molar-refractivity contribution in [2.24, 2.45) is 5.92 Å². The zero-order chi connectivity index (χ0) is 16.3. The molecule has 1 N–H and O–H groups in total. The highest BCUT2D eigenvalue weighted by Crippen LogP contribution is 2.20. The fraction of sp³-hybridized carbons (Fsp3) is 0.333. The van der Waals surface area contributed by atoms with Crippen molar-refractivity contribution in [1.82, 2.24) is 4.57 Å². The zero-order valence-electron chi connectivity index (χ0n) is 13.1. The topological polar surface area (TPSA) is 59.3 Å². The molecule has 1 heterocycles. The van der Waals surface area contributed by atoms with E-state index >= 15 is 0 Å². The number of carbonyl (C=O) groups excluding carboxylic acids is 2. The van der Waals surface area contributed by atoms with E-state index in [-0.39, 0.29) is 29.3 Å². The van der Waals surface area contributed by atoms with Gasteiger partial charge in [-0.3, -0.25) is 9.59 Å². The molecule has 0 aliphatic rings. The van der Waals surface area contributed by atoms with Crippen LogP contribution in [0.5, 0.6) is 5.75 Å². The van der Waals surface area contributed by atoms with Gasteiger partial charge in [-0.05, 0) is 30.7 Å². The molecule has 0 spiro atoms. The highest BCUT2D eigenvalue weighted by Gasteiger charge is 2.19. The number of Topliss-reactive ketones (excluding diaryl/α,β-unsaturated/α-hetero) is 2. The number of nitrogens with zero attached hydrogens (tertiary/aromatic N) is 1. The highest BCUT2D eigenvalue weighted by atomic mass is 16.3. The average molecular weight is 299 g/mol. The summed E-state index contributed by atoms with van der Waals surface area (Å²) in [6, 6.07) is 8.23. The second kappa shape index (κ2) is 6.60. The van der Waals surface area contributed by atoms with Gasteiger partial charge >= 0.3 is 0 Å². The first-order valence-corrected chi connectivity index (χ1v) is 7.38. The largest absolute Gasteiger partial charge is 0.508 e. The van der Waals surface area contributed by atoms with Gasteiger partial charge < -0.3 is 9.67 Å². The molecular formula is C18H21NO3. The molecule has 0 amide bonds. The summed E-state index contributed by atoms with van der Waals surface area (Å²) >= 11 is 0. The van der Waals surface area contributed by atoms with Gasteiger partial charge in [0.1, 0.15) is 5.75 Å². The molecule has 1 aromatic heterocycles. The van der Waals surface area contributed by atoms with Crippen molar-refractivity contribution in [1.29, 1.82) is 0 Å². The van der Waals surface area contributed by atoms with Gasteiger partial charge in [0.2, 0.25) is 0 Å². The zero-order valence-corrected chi connectivity index (χ0v) is 13.1. The smallest absolute Gasteiger partial charge is 0.166 e. The predicted octanol–water partition coefficient (Wildman–Crippen LogP) is 3.41. The van der Waals surface area contributed by atoms with Crippen LogP contribution in [0, 0.1) is 5.92 Å². The normalized spacial score (nSPS) is 12.4.